The van der Waals surface area contributed by atoms with Crippen molar-refractivity contribution < 1.29 is 23.2 Å². The monoisotopic (exact) mass is 251 g/mol. The number of nitrogens with one attached hydrogen (secondary N) is 1. The van der Waals surface area contributed by atoms with E-state index in [-0.39, 0.29) is 0 Å². The fraction of sp³-hybridized carbons (Fsp3) is 0.889. The van der Waals surface area contributed by atoms with E-state index in [9.17, 15) is 4.79 Å². The Labute approximate surface area is 97.3 Å². The second kappa shape index (κ2) is 7.74. The molecule has 0 saturated heterocycles. The quantitative estimate of drug-likeness (QED) is 0.454. The molecule has 0 heterocycles. The van der Waals surface area contributed by atoms with Crippen molar-refractivity contribution >= 4 is 14.8 Å². The van der Waals surface area contributed by atoms with Crippen LogP contribution in [-0.4, -0.2) is 53.8 Å². The van der Waals surface area contributed by atoms with Gasteiger partial charge in [-0.25, -0.2) is 0 Å². The molecular weight excluding hydrogens is 230 g/mol. The molecule has 0 rings (SSSR count). The summed E-state index contributed by atoms with van der Waals surface area (Å²) in [6, 6.07) is 0.124. The van der Waals surface area contributed by atoms with Gasteiger partial charge in [0, 0.05) is 27.4 Å². The molecule has 16 heavy (non-hydrogen) atoms. The van der Waals surface area contributed by atoms with Gasteiger partial charge in [0.05, 0.1) is 0 Å². The van der Waals surface area contributed by atoms with E-state index in [4.69, 9.17) is 18.4 Å². The number of hydrogen-bond acceptors (Lipinski definition) is 5. The van der Waals surface area contributed by atoms with Crippen molar-refractivity contribution in [1.29, 1.82) is 0 Å². The zero-order chi connectivity index (χ0) is 12.6. The molecule has 6 nitrogen and oxygen atoms in total. The predicted molar refractivity (Wildman–Crippen MR) is 61.3 cm³/mol. The first kappa shape index (κ1) is 15.5. The summed E-state index contributed by atoms with van der Waals surface area (Å²) < 4.78 is 15.7. The highest BCUT2D eigenvalue weighted by atomic mass is 28.4. The third kappa shape index (κ3) is 5.04. The van der Waals surface area contributed by atoms with Gasteiger partial charge in [0.2, 0.25) is 0 Å². The van der Waals surface area contributed by atoms with Crippen molar-refractivity contribution in [3.63, 3.8) is 0 Å². The van der Waals surface area contributed by atoms with Gasteiger partial charge in [-0.1, -0.05) is 0 Å². The van der Waals surface area contributed by atoms with Gasteiger partial charge in [-0.05, 0) is 19.9 Å². The van der Waals surface area contributed by atoms with Crippen LogP contribution in [0, 0.1) is 0 Å². The van der Waals surface area contributed by atoms with Crippen LogP contribution in [0.2, 0.25) is 6.04 Å². The van der Waals surface area contributed by atoms with E-state index in [2.05, 4.69) is 5.32 Å². The van der Waals surface area contributed by atoms with Gasteiger partial charge in [-0.2, -0.15) is 0 Å². The van der Waals surface area contributed by atoms with Crippen LogP contribution in [0.3, 0.4) is 0 Å². The molecule has 0 fully saturated rings. The third-order valence-electron chi connectivity index (χ3n) is 2.41. The molecule has 7 heteroatoms. The van der Waals surface area contributed by atoms with E-state index in [0.29, 0.717) is 12.6 Å². The molecule has 0 aromatic rings. The topological polar surface area (TPSA) is 77.0 Å². The van der Waals surface area contributed by atoms with Crippen LogP contribution in [-0.2, 0) is 18.1 Å². The predicted octanol–water partition coefficient (Wildman–Crippen LogP) is 0.317. The second-order valence-electron chi connectivity index (χ2n) is 3.41. The van der Waals surface area contributed by atoms with Gasteiger partial charge in [0.25, 0.3) is 0 Å². The first-order valence-corrected chi connectivity index (χ1v) is 7.06. The molecule has 0 aliphatic rings. The Kier molecular flexibility index (Phi) is 7.51. The van der Waals surface area contributed by atoms with Crippen molar-refractivity contribution in [3.8, 4) is 0 Å². The smallest absolute Gasteiger partial charge is 0.480 e. The summed E-state index contributed by atoms with van der Waals surface area (Å²) in [5, 5.41) is 11.5. The van der Waals surface area contributed by atoms with E-state index in [1.165, 1.54) is 0 Å². The van der Waals surface area contributed by atoms with Crippen LogP contribution in [0.5, 0.6) is 0 Å². The lowest BCUT2D eigenvalue weighted by Crippen LogP contribution is -2.43. The molecule has 96 valence electrons. The van der Waals surface area contributed by atoms with Crippen LogP contribution < -0.4 is 5.32 Å². The Hall–Kier alpha value is -0.473. The molecule has 0 radical (unpaired) electrons. The van der Waals surface area contributed by atoms with Crippen LogP contribution >= 0.6 is 0 Å². The molecule has 0 aromatic heterocycles. The van der Waals surface area contributed by atoms with E-state index < -0.39 is 20.8 Å². The number of rotatable bonds is 9. The fourth-order valence-electron chi connectivity index (χ4n) is 1.27. The first-order valence-electron chi connectivity index (χ1n) is 5.13. The minimum atomic E-state index is -2.50. The Bertz CT molecular complexity index is 202. The normalized spacial score (nSPS) is 13.8. The van der Waals surface area contributed by atoms with E-state index in [0.717, 1.165) is 6.42 Å². The van der Waals surface area contributed by atoms with Crippen molar-refractivity contribution in [3.05, 3.63) is 0 Å². The van der Waals surface area contributed by atoms with Crippen molar-refractivity contribution in [2.24, 2.45) is 0 Å². The standard InChI is InChI=1S/C9H21NO5Si/c1-8(9(11)12)10-6-5-7-16(13-2,14-3)15-4/h8,10H,5-7H2,1-4H3,(H,11,12)/t8-/m0/s1. The average molecular weight is 251 g/mol. The molecule has 2 N–H and O–H groups in total. The van der Waals surface area contributed by atoms with Gasteiger partial charge >= 0.3 is 14.8 Å². The Balaban J connectivity index is 3.83. The summed E-state index contributed by atoms with van der Waals surface area (Å²) in [5.41, 5.74) is 0. The molecule has 0 amide bonds. The van der Waals surface area contributed by atoms with Crippen LogP contribution in [0.15, 0.2) is 0 Å². The summed E-state index contributed by atoms with van der Waals surface area (Å²) in [6.45, 7) is 2.20. The van der Waals surface area contributed by atoms with Crippen LogP contribution in [0.25, 0.3) is 0 Å². The van der Waals surface area contributed by atoms with Crippen LogP contribution in [0.1, 0.15) is 13.3 Å². The van der Waals surface area contributed by atoms with Gasteiger partial charge in [-0.15, -0.1) is 0 Å². The second-order valence-corrected chi connectivity index (χ2v) is 6.50. The molecule has 0 unspecified atom stereocenters. The fourth-order valence-corrected chi connectivity index (χ4v) is 2.99. The maximum absolute atomic E-state index is 10.5. The molecule has 0 spiro atoms. The molecule has 0 bridgehead atoms. The third-order valence-corrected chi connectivity index (χ3v) is 5.25. The molecule has 0 aliphatic heterocycles. The Morgan fingerprint density at radius 2 is 1.81 bits per heavy atom. The molecule has 0 aliphatic carbocycles. The first-order chi connectivity index (χ1) is 7.51. The van der Waals surface area contributed by atoms with E-state index in [1.807, 2.05) is 0 Å². The van der Waals surface area contributed by atoms with Gasteiger partial charge in [-0.3, -0.25) is 4.79 Å². The summed E-state index contributed by atoms with van der Waals surface area (Å²) in [7, 11) is 2.18. The Morgan fingerprint density at radius 3 is 2.19 bits per heavy atom. The lowest BCUT2D eigenvalue weighted by molar-refractivity contribution is -0.138. The molecule has 0 saturated carbocycles. The van der Waals surface area contributed by atoms with Crippen LogP contribution in [0.4, 0.5) is 0 Å². The highest BCUT2D eigenvalue weighted by Crippen LogP contribution is 2.14. The minimum absolute atomic E-state index is 0.538. The summed E-state index contributed by atoms with van der Waals surface area (Å²) in [6.07, 6.45) is 0.749. The van der Waals surface area contributed by atoms with Crippen molar-refractivity contribution in [2.45, 2.75) is 25.4 Å². The highest BCUT2D eigenvalue weighted by molar-refractivity contribution is 6.60. The largest absolute Gasteiger partial charge is 0.500 e. The SMILES string of the molecule is CO[Si](CCCN[C@@H](C)C(=O)O)(OC)OC. The van der Waals surface area contributed by atoms with Gasteiger partial charge in [0.1, 0.15) is 6.04 Å². The highest BCUT2D eigenvalue weighted by Gasteiger charge is 2.36. The maximum atomic E-state index is 10.5. The minimum Gasteiger partial charge on any atom is -0.480 e. The lowest BCUT2D eigenvalue weighted by Gasteiger charge is -2.24. The summed E-state index contributed by atoms with van der Waals surface area (Å²) in [5.74, 6) is -0.853. The van der Waals surface area contributed by atoms with E-state index in [1.54, 1.807) is 28.3 Å². The molecule has 0 aromatic carbocycles. The summed E-state index contributed by atoms with van der Waals surface area (Å²) in [4.78, 5) is 10.5. The number of hydrogen-bond donors (Lipinski definition) is 2. The average Bonchev–Trinajstić information content (AvgIpc) is 2.30. The lowest BCUT2D eigenvalue weighted by atomic mass is 10.3. The Morgan fingerprint density at radius 1 is 1.31 bits per heavy atom. The number of carboxylic acid groups (broad SMARTS) is 1. The van der Waals surface area contributed by atoms with Crippen molar-refractivity contribution in [1.82, 2.24) is 5.32 Å². The molecule has 1 atom stereocenters. The zero-order valence-corrected chi connectivity index (χ0v) is 11.3. The van der Waals surface area contributed by atoms with E-state index >= 15 is 0 Å². The number of carboxylic acids is 1. The van der Waals surface area contributed by atoms with Gasteiger partial charge < -0.3 is 23.7 Å². The molecular formula is C9H21NO5Si. The zero-order valence-electron chi connectivity index (χ0n) is 10.3. The van der Waals surface area contributed by atoms with Gasteiger partial charge in [0.15, 0.2) is 0 Å². The maximum Gasteiger partial charge on any atom is 0.500 e. The summed E-state index contributed by atoms with van der Waals surface area (Å²) >= 11 is 0. The number of aliphatic carboxylic acids is 1. The number of carbonyl (C=O) groups is 1. The van der Waals surface area contributed by atoms with Crippen molar-refractivity contribution in [2.75, 3.05) is 27.9 Å².